The molecular weight excluding hydrogens is 290 g/mol. The van der Waals surface area contributed by atoms with Crippen molar-refractivity contribution in [2.24, 2.45) is 0 Å². The molecule has 0 atom stereocenters. The Morgan fingerprint density at radius 1 is 1.14 bits per heavy atom. The zero-order valence-electron chi connectivity index (χ0n) is 12.8. The van der Waals surface area contributed by atoms with Gasteiger partial charge in [-0.05, 0) is 49.2 Å². The summed E-state index contributed by atoms with van der Waals surface area (Å²) in [6, 6.07) is 11.0. The molecule has 2 N–H and O–H groups in total. The van der Waals surface area contributed by atoms with E-state index >= 15 is 0 Å². The van der Waals surface area contributed by atoms with Crippen molar-refractivity contribution in [2.45, 2.75) is 44.6 Å². The van der Waals surface area contributed by atoms with Crippen LogP contribution in [0, 0.1) is 0 Å². The number of hydrogen-bond acceptors (Lipinski definition) is 2. The zero-order chi connectivity index (χ0) is 15.2. The first-order chi connectivity index (χ1) is 10.8. The molecule has 1 heterocycles. The number of thiocarbonyl (C=S) groups is 1. The number of nitrogens with zero attached hydrogens (tertiary/aromatic N) is 1. The molecule has 0 amide bonds. The van der Waals surface area contributed by atoms with E-state index in [2.05, 4.69) is 39.9 Å². The van der Waals surface area contributed by atoms with Gasteiger partial charge in [0.15, 0.2) is 5.11 Å². The summed E-state index contributed by atoms with van der Waals surface area (Å²) in [6.45, 7) is 0.854. The number of benzene rings is 1. The minimum absolute atomic E-state index is 0.565. The van der Waals surface area contributed by atoms with Crippen LogP contribution in [0.4, 0.5) is 0 Å². The highest BCUT2D eigenvalue weighted by atomic mass is 32.1. The van der Waals surface area contributed by atoms with E-state index in [4.69, 9.17) is 12.2 Å². The van der Waals surface area contributed by atoms with Crippen LogP contribution < -0.4 is 10.6 Å². The maximum atomic E-state index is 5.41. The Bertz CT molecular complexity index is 630. The molecule has 3 rings (SSSR count). The van der Waals surface area contributed by atoms with Gasteiger partial charge in [0.2, 0.25) is 0 Å². The van der Waals surface area contributed by atoms with Gasteiger partial charge in [-0.2, -0.15) is 0 Å². The van der Waals surface area contributed by atoms with Crippen LogP contribution in [0.25, 0.3) is 10.9 Å². The zero-order valence-corrected chi connectivity index (χ0v) is 13.7. The molecule has 0 unspecified atom stereocenters. The van der Waals surface area contributed by atoms with Gasteiger partial charge in [-0.15, -0.1) is 0 Å². The van der Waals surface area contributed by atoms with E-state index in [-0.39, 0.29) is 0 Å². The number of hydrogen-bond donors (Lipinski definition) is 2. The lowest BCUT2D eigenvalue weighted by atomic mass is 9.96. The van der Waals surface area contributed by atoms with E-state index in [0.29, 0.717) is 6.04 Å². The monoisotopic (exact) mass is 313 g/mol. The third kappa shape index (κ3) is 3.95. The van der Waals surface area contributed by atoms with E-state index in [1.807, 2.05) is 12.3 Å². The molecule has 116 valence electrons. The second-order valence-corrected chi connectivity index (χ2v) is 6.38. The van der Waals surface area contributed by atoms with Gasteiger partial charge in [0, 0.05) is 24.2 Å². The van der Waals surface area contributed by atoms with Crippen molar-refractivity contribution in [1.82, 2.24) is 15.6 Å². The molecule has 0 spiro atoms. The fraction of sp³-hybridized carbons (Fsp3) is 0.444. The number of nitrogens with one attached hydrogen (secondary N) is 2. The number of para-hydroxylation sites is 1. The van der Waals surface area contributed by atoms with Crippen molar-refractivity contribution < 1.29 is 0 Å². The number of rotatable bonds is 4. The van der Waals surface area contributed by atoms with Gasteiger partial charge in [-0.3, -0.25) is 4.98 Å². The normalized spacial score (nSPS) is 15.6. The Balaban J connectivity index is 1.50. The topological polar surface area (TPSA) is 37.0 Å². The molecule has 2 aromatic rings. The van der Waals surface area contributed by atoms with Crippen molar-refractivity contribution >= 4 is 28.2 Å². The summed E-state index contributed by atoms with van der Waals surface area (Å²) < 4.78 is 0. The van der Waals surface area contributed by atoms with E-state index in [1.165, 1.54) is 43.1 Å². The van der Waals surface area contributed by atoms with Crippen LogP contribution in [-0.4, -0.2) is 22.7 Å². The smallest absolute Gasteiger partial charge is 0.166 e. The lowest BCUT2D eigenvalue weighted by Crippen LogP contribution is -2.43. The predicted octanol–water partition coefficient (Wildman–Crippen LogP) is 3.57. The molecule has 1 aliphatic rings. The third-order valence-electron chi connectivity index (χ3n) is 4.36. The average Bonchev–Trinajstić information content (AvgIpc) is 2.56. The van der Waals surface area contributed by atoms with Crippen LogP contribution in [0.1, 0.15) is 37.7 Å². The molecule has 0 saturated heterocycles. The molecular formula is C18H23N3S. The van der Waals surface area contributed by atoms with Gasteiger partial charge in [0.1, 0.15) is 0 Å². The van der Waals surface area contributed by atoms with Gasteiger partial charge in [-0.25, -0.2) is 0 Å². The fourth-order valence-electron chi connectivity index (χ4n) is 3.17. The molecule has 3 nitrogen and oxygen atoms in total. The lowest BCUT2D eigenvalue weighted by molar-refractivity contribution is 0.412. The van der Waals surface area contributed by atoms with Gasteiger partial charge in [0.25, 0.3) is 0 Å². The van der Waals surface area contributed by atoms with Gasteiger partial charge >= 0.3 is 0 Å². The molecule has 0 bridgehead atoms. The van der Waals surface area contributed by atoms with E-state index in [9.17, 15) is 0 Å². The van der Waals surface area contributed by atoms with Crippen LogP contribution in [0.2, 0.25) is 0 Å². The highest BCUT2D eigenvalue weighted by Gasteiger charge is 2.13. The molecule has 1 fully saturated rings. The van der Waals surface area contributed by atoms with Gasteiger partial charge < -0.3 is 10.6 Å². The molecule has 0 aliphatic heterocycles. The standard InChI is InChI=1S/C18H23N3S/c22-18(21-15-6-2-1-3-7-15)20-13-11-14-10-12-19-17-9-5-4-8-16(14)17/h4-5,8-10,12,15H,1-3,6-7,11,13H2,(H2,20,21,22). The van der Waals surface area contributed by atoms with E-state index < -0.39 is 0 Å². The van der Waals surface area contributed by atoms with Crippen LogP contribution in [0.3, 0.4) is 0 Å². The van der Waals surface area contributed by atoms with Crippen molar-refractivity contribution in [3.63, 3.8) is 0 Å². The summed E-state index contributed by atoms with van der Waals surface area (Å²) in [6.07, 6.45) is 9.35. The maximum absolute atomic E-state index is 5.41. The van der Waals surface area contributed by atoms with Crippen molar-refractivity contribution in [3.8, 4) is 0 Å². The maximum Gasteiger partial charge on any atom is 0.166 e. The molecule has 1 aromatic heterocycles. The summed E-state index contributed by atoms with van der Waals surface area (Å²) in [4.78, 5) is 4.40. The molecule has 1 aliphatic carbocycles. The minimum atomic E-state index is 0.565. The van der Waals surface area contributed by atoms with E-state index in [0.717, 1.165) is 23.6 Å². The second-order valence-electron chi connectivity index (χ2n) is 5.97. The first kappa shape index (κ1) is 15.2. The Hall–Kier alpha value is -1.68. The Morgan fingerprint density at radius 2 is 1.95 bits per heavy atom. The Morgan fingerprint density at radius 3 is 2.82 bits per heavy atom. The highest BCUT2D eigenvalue weighted by molar-refractivity contribution is 7.80. The van der Waals surface area contributed by atoms with Crippen LogP contribution in [-0.2, 0) is 6.42 Å². The summed E-state index contributed by atoms with van der Waals surface area (Å²) in [5.41, 5.74) is 2.38. The third-order valence-corrected chi connectivity index (χ3v) is 4.62. The Labute approximate surface area is 137 Å². The highest BCUT2D eigenvalue weighted by Crippen LogP contribution is 2.17. The fourth-order valence-corrected chi connectivity index (χ4v) is 3.44. The molecule has 1 aromatic carbocycles. The van der Waals surface area contributed by atoms with Crippen LogP contribution in [0.5, 0.6) is 0 Å². The number of aromatic nitrogens is 1. The average molecular weight is 313 g/mol. The van der Waals surface area contributed by atoms with Crippen LogP contribution in [0.15, 0.2) is 36.5 Å². The number of fused-ring (bicyclic) bond motifs is 1. The first-order valence-electron chi connectivity index (χ1n) is 8.20. The Kier molecular flexibility index (Phi) is 5.22. The summed E-state index contributed by atoms with van der Waals surface area (Å²) >= 11 is 5.41. The van der Waals surface area contributed by atoms with Gasteiger partial charge in [-0.1, -0.05) is 37.5 Å². The molecule has 0 radical (unpaired) electrons. The van der Waals surface area contributed by atoms with Gasteiger partial charge in [0.05, 0.1) is 5.52 Å². The van der Waals surface area contributed by atoms with Crippen molar-refractivity contribution in [2.75, 3.05) is 6.54 Å². The summed E-state index contributed by atoms with van der Waals surface area (Å²) in [5.74, 6) is 0. The largest absolute Gasteiger partial charge is 0.362 e. The molecule has 1 saturated carbocycles. The molecule has 22 heavy (non-hydrogen) atoms. The molecule has 4 heteroatoms. The second kappa shape index (κ2) is 7.54. The number of pyridine rings is 1. The van der Waals surface area contributed by atoms with Crippen LogP contribution >= 0.6 is 12.2 Å². The summed E-state index contributed by atoms with van der Waals surface area (Å²) in [7, 11) is 0. The van der Waals surface area contributed by atoms with E-state index in [1.54, 1.807) is 0 Å². The minimum Gasteiger partial charge on any atom is -0.362 e. The predicted molar refractivity (Wildman–Crippen MR) is 96.1 cm³/mol. The SMILES string of the molecule is S=C(NCCc1ccnc2ccccc12)NC1CCCCC1. The summed E-state index contributed by atoms with van der Waals surface area (Å²) in [5, 5.41) is 8.82. The first-order valence-corrected chi connectivity index (χ1v) is 8.61. The quantitative estimate of drug-likeness (QED) is 0.846. The van der Waals surface area contributed by atoms with Crippen molar-refractivity contribution in [1.29, 1.82) is 0 Å². The lowest BCUT2D eigenvalue weighted by Gasteiger charge is -2.24. The van der Waals surface area contributed by atoms with Crippen molar-refractivity contribution in [3.05, 3.63) is 42.1 Å².